The highest BCUT2D eigenvalue weighted by Gasteiger charge is 2.32. The first-order valence-electron chi connectivity index (χ1n) is 7.08. The van der Waals surface area contributed by atoms with Gasteiger partial charge in [0.25, 0.3) is 0 Å². The lowest BCUT2D eigenvalue weighted by atomic mass is 9.93. The van der Waals surface area contributed by atoms with Gasteiger partial charge in [-0.15, -0.1) is 0 Å². The van der Waals surface area contributed by atoms with Crippen LogP contribution in [-0.4, -0.2) is 30.1 Å². The topological polar surface area (TPSA) is 53.3 Å². The van der Waals surface area contributed by atoms with Gasteiger partial charge >= 0.3 is 5.97 Å². The van der Waals surface area contributed by atoms with Gasteiger partial charge in [0.2, 0.25) is 0 Å². The highest BCUT2D eigenvalue weighted by atomic mass is 16.5. The lowest BCUT2D eigenvalue weighted by Gasteiger charge is -2.35. The zero-order valence-electron chi connectivity index (χ0n) is 11.8. The number of hydrogen-bond acceptors (Lipinski definition) is 4. The van der Waals surface area contributed by atoms with Gasteiger partial charge in [-0.3, -0.25) is 9.69 Å². The van der Waals surface area contributed by atoms with Crippen molar-refractivity contribution < 1.29 is 9.53 Å². The van der Waals surface area contributed by atoms with Crippen molar-refractivity contribution in [3.05, 3.63) is 35.9 Å². The summed E-state index contributed by atoms with van der Waals surface area (Å²) in [6.45, 7) is 3.54. The molecule has 0 saturated carbocycles. The molecule has 2 atom stereocenters. The van der Waals surface area contributed by atoms with Gasteiger partial charge in [0.05, 0.1) is 24.6 Å². The molecule has 0 radical (unpaired) electrons. The third-order valence-electron chi connectivity index (χ3n) is 3.68. The number of hydrogen-bond donors (Lipinski definition) is 0. The van der Waals surface area contributed by atoms with E-state index in [0.29, 0.717) is 19.7 Å². The fourth-order valence-corrected chi connectivity index (χ4v) is 2.63. The van der Waals surface area contributed by atoms with Crippen LogP contribution < -0.4 is 0 Å². The Kier molecular flexibility index (Phi) is 5.14. The molecule has 0 aromatic heterocycles. The van der Waals surface area contributed by atoms with Crippen molar-refractivity contribution in [2.24, 2.45) is 5.92 Å². The number of carbonyl (C=O) groups excluding carboxylic acids is 1. The normalized spacial score (nSPS) is 23.0. The van der Waals surface area contributed by atoms with Gasteiger partial charge < -0.3 is 4.74 Å². The summed E-state index contributed by atoms with van der Waals surface area (Å²) in [6.07, 6.45) is 1.47. The molecule has 4 heteroatoms. The maximum absolute atomic E-state index is 11.9. The molecule has 1 aliphatic heterocycles. The van der Waals surface area contributed by atoms with Gasteiger partial charge in [0.1, 0.15) is 0 Å². The molecule has 106 valence electrons. The number of nitriles is 1. The van der Waals surface area contributed by atoms with E-state index in [0.717, 1.165) is 18.4 Å². The van der Waals surface area contributed by atoms with Gasteiger partial charge in [-0.1, -0.05) is 30.3 Å². The predicted molar refractivity (Wildman–Crippen MR) is 75.6 cm³/mol. The maximum atomic E-state index is 11.9. The SMILES string of the molecule is CCOC(=O)[C@@H]1CC[C@@H](C#N)N(Cc2ccccc2)C1. The molecule has 0 bridgehead atoms. The Hall–Kier alpha value is -1.86. The first kappa shape index (κ1) is 14.5. The minimum absolute atomic E-state index is 0.108. The van der Waals surface area contributed by atoms with E-state index in [2.05, 4.69) is 11.0 Å². The van der Waals surface area contributed by atoms with Crippen molar-refractivity contribution in [3.8, 4) is 6.07 Å². The van der Waals surface area contributed by atoms with Crippen LogP contribution in [0.3, 0.4) is 0 Å². The number of piperidine rings is 1. The molecule has 2 rings (SSSR count). The van der Waals surface area contributed by atoms with Crippen molar-refractivity contribution in [1.29, 1.82) is 5.26 Å². The van der Waals surface area contributed by atoms with Crippen molar-refractivity contribution in [2.45, 2.75) is 32.4 Å². The third kappa shape index (κ3) is 3.58. The summed E-state index contributed by atoms with van der Waals surface area (Å²) in [7, 11) is 0. The largest absolute Gasteiger partial charge is 0.466 e. The summed E-state index contributed by atoms with van der Waals surface area (Å²) in [4.78, 5) is 13.9. The van der Waals surface area contributed by atoms with E-state index in [1.807, 2.05) is 37.3 Å². The van der Waals surface area contributed by atoms with Crippen LogP contribution in [0.1, 0.15) is 25.3 Å². The first-order valence-corrected chi connectivity index (χ1v) is 7.08. The fraction of sp³-hybridized carbons (Fsp3) is 0.500. The summed E-state index contributed by atoms with van der Waals surface area (Å²) in [5.74, 6) is -0.245. The molecular weight excluding hydrogens is 252 g/mol. The Morgan fingerprint density at radius 2 is 2.15 bits per heavy atom. The van der Waals surface area contributed by atoms with Crippen LogP contribution in [0.4, 0.5) is 0 Å². The number of ether oxygens (including phenoxy) is 1. The molecule has 0 unspecified atom stereocenters. The molecular formula is C16H20N2O2. The minimum Gasteiger partial charge on any atom is -0.466 e. The summed E-state index contributed by atoms with van der Waals surface area (Å²) in [5, 5.41) is 9.26. The number of nitrogens with zero attached hydrogens (tertiary/aromatic N) is 2. The van der Waals surface area contributed by atoms with Crippen LogP contribution in [0.2, 0.25) is 0 Å². The maximum Gasteiger partial charge on any atom is 0.310 e. The van der Waals surface area contributed by atoms with Crippen LogP contribution in [-0.2, 0) is 16.1 Å². The van der Waals surface area contributed by atoms with E-state index in [9.17, 15) is 10.1 Å². The van der Waals surface area contributed by atoms with Gasteiger partial charge in [-0.2, -0.15) is 5.26 Å². The molecule has 1 aromatic carbocycles. The lowest BCUT2D eigenvalue weighted by Crippen LogP contribution is -2.44. The smallest absolute Gasteiger partial charge is 0.310 e. The predicted octanol–water partition coefficient (Wildman–Crippen LogP) is 2.35. The molecule has 1 fully saturated rings. The third-order valence-corrected chi connectivity index (χ3v) is 3.68. The number of rotatable bonds is 4. The Bertz CT molecular complexity index is 481. The van der Waals surface area contributed by atoms with E-state index < -0.39 is 0 Å². The monoisotopic (exact) mass is 272 g/mol. The molecule has 0 N–H and O–H groups in total. The summed E-state index contributed by atoms with van der Waals surface area (Å²) < 4.78 is 5.10. The van der Waals surface area contributed by atoms with Gasteiger partial charge in [0, 0.05) is 13.1 Å². The van der Waals surface area contributed by atoms with Crippen molar-refractivity contribution in [1.82, 2.24) is 4.90 Å². The average Bonchev–Trinajstić information content (AvgIpc) is 2.48. The summed E-state index contributed by atoms with van der Waals surface area (Å²) >= 11 is 0. The van der Waals surface area contributed by atoms with Crippen molar-refractivity contribution >= 4 is 5.97 Å². The minimum atomic E-state index is -0.137. The van der Waals surface area contributed by atoms with E-state index >= 15 is 0 Å². The number of carbonyl (C=O) groups is 1. The van der Waals surface area contributed by atoms with E-state index in [1.165, 1.54) is 0 Å². The summed E-state index contributed by atoms with van der Waals surface area (Å²) in [6, 6.07) is 12.3. The molecule has 1 heterocycles. The van der Waals surface area contributed by atoms with Crippen LogP contribution >= 0.6 is 0 Å². The lowest BCUT2D eigenvalue weighted by molar-refractivity contribution is -0.150. The molecule has 20 heavy (non-hydrogen) atoms. The standard InChI is InChI=1S/C16H20N2O2/c1-2-20-16(19)14-8-9-15(10-17)18(12-14)11-13-6-4-3-5-7-13/h3-7,14-15H,2,8-9,11-12H2,1H3/t14-,15+/m1/s1. The van der Waals surface area contributed by atoms with Crippen LogP contribution in [0, 0.1) is 17.2 Å². The van der Waals surface area contributed by atoms with Gasteiger partial charge in [-0.25, -0.2) is 0 Å². The molecule has 0 aliphatic carbocycles. The molecule has 4 nitrogen and oxygen atoms in total. The first-order chi connectivity index (χ1) is 9.74. The molecule has 1 aliphatic rings. The van der Waals surface area contributed by atoms with Crippen LogP contribution in [0.25, 0.3) is 0 Å². The second kappa shape index (κ2) is 7.06. The molecule has 0 spiro atoms. The average molecular weight is 272 g/mol. The Balaban J connectivity index is 2.03. The Morgan fingerprint density at radius 1 is 1.40 bits per heavy atom. The van der Waals surface area contributed by atoms with Crippen LogP contribution in [0.15, 0.2) is 30.3 Å². The second-order valence-electron chi connectivity index (χ2n) is 5.09. The van der Waals surface area contributed by atoms with E-state index in [-0.39, 0.29) is 17.9 Å². The molecule has 0 amide bonds. The van der Waals surface area contributed by atoms with E-state index in [4.69, 9.17) is 4.74 Å². The summed E-state index contributed by atoms with van der Waals surface area (Å²) in [5.41, 5.74) is 1.16. The second-order valence-corrected chi connectivity index (χ2v) is 5.09. The Labute approximate surface area is 120 Å². The molecule has 1 aromatic rings. The van der Waals surface area contributed by atoms with E-state index in [1.54, 1.807) is 0 Å². The fourth-order valence-electron chi connectivity index (χ4n) is 2.63. The molecule has 1 saturated heterocycles. The number of esters is 1. The quantitative estimate of drug-likeness (QED) is 0.790. The number of likely N-dealkylation sites (tertiary alicyclic amines) is 1. The van der Waals surface area contributed by atoms with Gasteiger partial charge in [0.15, 0.2) is 0 Å². The Morgan fingerprint density at radius 3 is 2.80 bits per heavy atom. The van der Waals surface area contributed by atoms with Gasteiger partial charge in [-0.05, 0) is 25.3 Å². The zero-order valence-corrected chi connectivity index (χ0v) is 11.8. The van der Waals surface area contributed by atoms with Crippen LogP contribution in [0.5, 0.6) is 0 Å². The zero-order chi connectivity index (χ0) is 14.4. The van der Waals surface area contributed by atoms with Crippen molar-refractivity contribution in [3.63, 3.8) is 0 Å². The highest BCUT2D eigenvalue weighted by molar-refractivity contribution is 5.72. The van der Waals surface area contributed by atoms with Crippen molar-refractivity contribution in [2.75, 3.05) is 13.2 Å². The number of benzene rings is 1. The highest BCUT2D eigenvalue weighted by Crippen LogP contribution is 2.24.